The Hall–Kier alpha value is -4.44. The number of allylic oxidation sites excluding steroid dienone is 1. The number of anilines is 1. The molecule has 2 aromatic heterocycles. The number of carbonyl (C=O) groups is 1. The second kappa shape index (κ2) is 8.29. The lowest BCUT2D eigenvalue weighted by molar-refractivity contribution is -0.143. The van der Waals surface area contributed by atoms with Gasteiger partial charge in [0.05, 0.1) is 23.0 Å². The zero-order valence-electron chi connectivity index (χ0n) is 19.6. The van der Waals surface area contributed by atoms with Crippen LogP contribution in [0.15, 0.2) is 54.9 Å². The second-order valence-electron chi connectivity index (χ2n) is 9.16. The fraction of sp³-hybridized carbons (Fsp3) is 0.192. The van der Waals surface area contributed by atoms with Crippen LogP contribution in [-0.4, -0.2) is 26.6 Å². The van der Waals surface area contributed by atoms with Gasteiger partial charge in [-0.15, -0.1) is 0 Å². The molecule has 0 aliphatic heterocycles. The lowest BCUT2D eigenvalue weighted by atomic mass is 9.82. The molecule has 0 saturated carbocycles. The number of alkyl halides is 6. The van der Waals surface area contributed by atoms with Crippen molar-refractivity contribution < 1.29 is 35.9 Å². The van der Waals surface area contributed by atoms with E-state index >= 15 is 0 Å². The minimum atomic E-state index is -5.06. The minimum absolute atomic E-state index is 0.00296. The van der Waals surface area contributed by atoms with Crippen molar-refractivity contribution in [3.63, 3.8) is 0 Å². The maximum absolute atomic E-state index is 14.3. The van der Waals surface area contributed by atoms with Gasteiger partial charge in [0.2, 0.25) is 0 Å². The molecule has 4 aromatic rings. The van der Waals surface area contributed by atoms with Crippen LogP contribution in [0.4, 0.5) is 32.0 Å². The molecule has 0 fully saturated rings. The summed E-state index contributed by atoms with van der Waals surface area (Å²) >= 11 is 0. The number of amides is 1. The summed E-state index contributed by atoms with van der Waals surface area (Å²) in [6, 6.07) is 9.41. The Morgan fingerprint density at radius 3 is 2.42 bits per heavy atom. The van der Waals surface area contributed by atoms with Crippen LogP contribution in [-0.2, 0) is 22.6 Å². The number of aromatic nitrogens is 3. The van der Waals surface area contributed by atoms with Crippen LogP contribution >= 0.6 is 0 Å². The van der Waals surface area contributed by atoms with Gasteiger partial charge in [0.15, 0.2) is 5.69 Å². The summed E-state index contributed by atoms with van der Waals surface area (Å²) in [5.41, 5.74) is -3.11. The molecule has 1 aliphatic carbocycles. The highest BCUT2D eigenvalue weighted by molar-refractivity contribution is 6.13. The summed E-state index contributed by atoms with van der Waals surface area (Å²) < 4.78 is 82.4. The highest BCUT2D eigenvalue weighted by Gasteiger charge is 2.42. The monoisotopic (exact) mass is 530 g/mol. The molecule has 0 atom stereocenters. The van der Waals surface area contributed by atoms with Crippen LogP contribution in [0.25, 0.3) is 22.0 Å². The molecule has 2 heterocycles. The Labute approximate surface area is 210 Å². The molecule has 0 saturated heterocycles. The number of benzene rings is 2. The SMILES string of the molecule is CC1(C)C(=C=O)c2cccc3c(-n4ncc(C(=O)Nc5ccnc(C(F)(F)F)c5)c4C(F)(F)F)ccc1c23. The lowest BCUT2D eigenvalue weighted by Crippen LogP contribution is -2.21. The number of rotatable bonds is 3. The smallest absolute Gasteiger partial charge is 0.322 e. The first-order valence-electron chi connectivity index (χ1n) is 11.1. The zero-order valence-corrected chi connectivity index (χ0v) is 19.6. The molecule has 38 heavy (non-hydrogen) atoms. The number of halogens is 6. The van der Waals surface area contributed by atoms with Gasteiger partial charge in [-0.25, -0.2) is 9.48 Å². The first-order chi connectivity index (χ1) is 17.7. The number of pyridine rings is 1. The molecular formula is C26H16F6N4O2. The number of carbonyl (C=O) groups excluding carboxylic acids is 2. The first kappa shape index (κ1) is 25.2. The zero-order chi connectivity index (χ0) is 27.6. The molecule has 12 heteroatoms. The Morgan fingerprint density at radius 1 is 1.03 bits per heavy atom. The van der Waals surface area contributed by atoms with Crippen molar-refractivity contribution >= 4 is 33.9 Å². The average Bonchev–Trinajstić information content (AvgIpc) is 3.37. The maximum atomic E-state index is 14.3. The van der Waals surface area contributed by atoms with Crippen molar-refractivity contribution in [2.45, 2.75) is 31.6 Å². The van der Waals surface area contributed by atoms with E-state index in [4.69, 9.17) is 0 Å². The van der Waals surface area contributed by atoms with Gasteiger partial charge < -0.3 is 5.32 Å². The third kappa shape index (κ3) is 3.84. The number of nitrogens with zero attached hydrogens (tertiary/aromatic N) is 3. The fourth-order valence-corrected chi connectivity index (χ4v) is 4.79. The second-order valence-corrected chi connectivity index (χ2v) is 9.16. The van der Waals surface area contributed by atoms with Crippen LogP contribution in [0, 0.1) is 0 Å². The van der Waals surface area contributed by atoms with E-state index in [2.05, 4.69) is 15.4 Å². The largest absolute Gasteiger partial charge is 0.434 e. The molecule has 1 amide bonds. The van der Waals surface area contributed by atoms with E-state index in [-0.39, 0.29) is 11.4 Å². The lowest BCUT2D eigenvalue weighted by Gasteiger charge is -2.20. The molecule has 1 aliphatic rings. The van der Waals surface area contributed by atoms with Gasteiger partial charge in [-0.2, -0.15) is 31.4 Å². The topological polar surface area (TPSA) is 76.9 Å². The van der Waals surface area contributed by atoms with Crippen LogP contribution in [0.1, 0.15) is 46.7 Å². The molecule has 6 nitrogen and oxygen atoms in total. The van der Waals surface area contributed by atoms with Gasteiger partial charge in [0.1, 0.15) is 11.6 Å². The van der Waals surface area contributed by atoms with Crippen molar-refractivity contribution in [1.29, 1.82) is 0 Å². The summed E-state index contributed by atoms with van der Waals surface area (Å²) in [6.07, 6.45) is -8.39. The van der Waals surface area contributed by atoms with Gasteiger partial charge in [0.25, 0.3) is 5.91 Å². The van der Waals surface area contributed by atoms with Crippen molar-refractivity contribution in [3.8, 4) is 5.69 Å². The Balaban J connectivity index is 1.65. The van der Waals surface area contributed by atoms with Gasteiger partial charge in [-0.1, -0.05) is 38.1 Å². The molecule has 194 valence electrons. The molecule has 5 rings (SSSR count). The Kier molecular flexibility index (Phi) is 5.50. The van der Waals surface area contributed by atoms with Crippen LogP contribution in [0.2, 0.25) is 0 Å². The number of hydrogen-bond donors (Lipinski definition) is 1. The summed E-state index contributed by atoms with van der Waals surface area (Å²) in [5, 5.41) is 6.83. The van der Waals surface area contributed by atoms with E-state index < -0.39 is 40.6 Å². The summed E-state index contributed by atoms with van der Waals surface area (Å²) in [7, 11) is 0. The third-order valence-corrected chi connectivity index (χ3v) is 6.51. The summed E-state index contributed by atoms with van der Waals surface area (Å²) in [4.78, 5) is 27.7. The predicted octanol–water partition coefficient (Wildman–Crippen LogP) is 6.22. The molecule has 0 radical (unpaired) electrons. The summed E-state index contributed by atoms with van der Waals surface area (Å²) in [6.45, 7) is 3.62. The van der Waals surface area contributed by atoms with E-state index in [0.717, 1.165) is 17.8 Å². The molecule has 0 spiro atoms. The summed E-state index contributed by atoms with van der Waals surface area (Å²) in [5.74, 6) is 0.643. The molecule has 0 unspecified atom stereocenters. The number of nitrogens with one attached hydrogen (secondary N) is 1. The average molecular weight is 530 g/mol. The first-order valence-corrected chi connectivity index (χ1v) is 11.1. The standard InChI is InChI=1S/C26H16F6N4O2/c1-24(2)17-6-7-19(15-5-3-4-14(21(15)17)18(24)12-37)36-22(26(30,31)32)16(11-34-36)23(38)35-13-8-9-33-20(10-13)25(27,28)29/h3-11H,1-2H3,(H,33,35,38). The van der Waals surface area contributed by atoms with Gasteiger partial charge in [-0.05, 0) is 34.7 Å². The Bertz CT molecular complexity index is 1680. The quantitative estimate of drug-likeness (QED) is 0.252. The molecule has 1 N–H and O–H groups in total. The predicted molar refractivity (Wildman–Crippen MR) is 125 cm³/mol. The van der Waals surface area contributed by atoms with Crippen molar-refractivity contribution in [2.75, 3.05) is 5.32 Å². The van der Waals surface area contributed by atoms with E-state index in [1.807, 2.05) is 19.8 Å². The van der Waals surface area contributed by atoms with Gasteiger partial charge in [-0.3, -0.25) is 9.78 Å². The van der Waals surface area contributed by atoms with Crippen molar-refractivity contribution in [1.82, 2.24) is 14.8 Å². The Morgan fingerprint density at radius 2 is 1.76 bits per heavy atom. The van der Waals surface area contributed by atoms with E-state index in [0.29, 0.717) is 38.9 Å². The van der Waals surface area contributed by atoms with E-state index in [1.165, 1.54) is 6.07 Å². The fourth-order valence-electron chi connectivity index (χ4n) is 4.79. The van der Waals surface area contributed by atoms with E-state index in [9.17, 15) is 35.9 Å². The van der Waals surface area contributed by atoms with E-state index in [1.54, 1.807) is 24.3 Å². The van der Waals surface area contributed by atoms with Gasteiger partial charge >= 0.3 is 12.4 Å². The minimum Gasteiger partial charge on any atom is -0.322 e. The van der Waals surface area contributed by atoms with Crippen molar-refractivity contribution in [3.05, 3.63) is 82.9 Å². The van der Waals surface area contributed by atoms with Gasteiger partial charge in [0, 0.05) is 22.7 Å². The highest BCUT2D eigenvalue weighted by Crippen LogP contribution is 2.50. The maximum Gasteiger partial charge on any atom is 0.434 e. The molecular weight excluding hydrogens is 514 g/mol. The molecule has 2 aromatic carbocycles. The number of hydrogen-bond acceptors (Lipinski definition) is 4. The molecule has 0 bridgehead atoms. The normalized spacial score (nSPS) is 14.6. The van der Waals surface area contributed by atoms with Crippen molar-refractivity contribution in [2.24, 2.45) is 0 Å². The third-order valence-electron chi connectivity index (χ3n) is 6.51. The van der Waals surface area contributed by atoms with Crippen LogP contribution in [0.3, 0.4) is 0 Å². The van der Waals surface area contributed by atoms with Crippen LogP contribution < -0.4 is 5.32 Å². The van der Waals surface area contributed by atoms with Crippen LogP contribution in [0.5, 0.6) is 0 Å². The highest BCUT2D eigenvalue weighted by atomic mass is 19.4.